The predicted octanol–water partition coefficient (Wildman–Crippen LogP) is 1.84. The Morgan fingerprint density at radius 3 is 2.19 bits per heavy atom. The number of aliphatic carboxylic acids is 1. The molecule has 0 unspecified atom stereocenters. The quantitative estimate of drug-likeness (QED) is 0.807. The highest BCUT2D eigenvalue weighted by molar-refractivity contribution is 5.84. The summed E-state index contributed by atoms with van der Waals surface area (Å²) in [7, 11) is 0. The summed E-state index contributed by atoms with van der Waals surface area (Å²) in [5.74, 6) is -2.06. The summed E-state index contributed by atoms with van der Waals surface area (Å²) in [6.07, 6.45) is 5.31. The van der Waals surface area contributed by atoms with Crippen molar-refractivity contribution in [2.75, 3.05) is 31.1 Å². The first-order valence-electron chi connectivity index (χ1n) is 9.93. The highest BCUT2D eigenvalue weighted by Gasteiger charge is 2.35. The first-order valence-corrected chi connectivity index (χ1v) is 9.93. The first kappa shape index (κ1) is 18.7. The van der Waals surface area contributed by atoms with Crippen LogP contribution >= 0.6 is 0 Å². The molecule has 1 heterocycles. The standard InChI is InChI=1S/C21H30N2O3/c1-2-5-16-8-10-17(11-9-16)22-12-14-23(15-13-22)20(24)18-6-3-4-7-19(18)21(25)26/h8-11,18-19H,2-7,12-15H2,1H3,(H,25,26)/p-1/t18-,19-/m0/s1. The molecule has 26 heavy (non-hydrogen) atoms. The Morgan fingerprint density at radius 2 is 1.62 bits per heavy atom. The minimum atomic E-state index is -1.06. The number of carboxylic acid groups (broad SMARTS) is 1. The summed E-state index contributed by atoms with van der Waals surface area (Å²) < 4.78 is 0. The van der Waals surface area contributed by atoms with Crippen LogP contribution in [-0.2, 0) is 16.0 Å². The number of piperazine rings is 1. The van der Waals surface area contributed by atoms with Gasteiger partial charge in [0.05, 0.1) is 0 Å². The number of aryl methyl sites for hydroxylation is 1. The highest BCUT2D eigenvalue weighted by Crippen LogP contribution is 2.31. The summed E-state index contributed by atoms with van der Waals surface area (Å²) in [6, 6.07) is 8.69. The van der Waals surface area contributed by atoms with E-state index in [2.05, 4.69) is 36.1 Å². The number of hydrogen-bond acceptors (Lipinski definition) is 4. The fourth-order valence-electron chi connectivity index (χ4n) is 4.29. The second-order valence-corrected chi connectivity index (χ2v) is 7.55. The SMILES string of the molecule is CCCc1ccc(N2CCN(C(=O)[C@H]3CCCC[C@@H]3C(=O)[O-])CC2)cc1. The maximum absolute atomic E-state index is 12.8. The molecule has 1 amide bonds. The van der Waals surface area contributed by atoms with E-state index < -0.39 is 17.8 Å². The number of rotatable bonds is 5. The molecule has 1 aromatic rings. The van der Waals surface area contributed by atoms with Crippen molar-refractivity contribution in [1.82, 2.24) is 4.90 Å². The van der Waals surface area contributed by atoms with Crippen LogP contribution in [0.15, 0.2) is 24.3 Å². The lowest BCUT2D eigenvalue weighted by Crippen LogP contribution is -2.53. The third kappa shape index (κ3) is 4.19. The molecule has 0 aromatic heterocycles. The first-order chi connectivity index (χ1) is 12.6. The van der Waals surface area contributed by atoms with Gasteiger partial charge in [-0.25, -0.2) is 0 Å². The Morgan fingerprint density at radius 1 is 1.00 bits per heavy atom. The number of benzene rings is 1. The molecule has 1 saturated carbocycles. The van der Waals surface area contributed by atoms with Gasteiger partial charge in [-0.2, -0.15) is 0 Å². The van der Waals surface area contributed by atoms with Gasteiger partial charge in [0.2, 0.25) is 5.91 Å². The summed E-state index contributed by atoms with van der Waals surface area (Å²) in [5, 5.41) is 11.4. The van der Waals surface area contributed by atoms with E-state index >= 15 is 0 Å². The zero-order chi connectivity index (χ0) is 18.5. The molecular weight excluding hydrogens is 328 g/mol. The second kappa shape index (κ2) is 8.56. The maximum atomic E-state index is 12.8. The van der Waals surface area contributed by atoms with Gasteiger partial charge in [-0.1, -0.05) is 38.3 Å². The van der Waals surface area contributed by atoms with Gasteiger partial charge < -0.3 is 19.7 Å². The molecule has 1 aromatic carbocycles. The number of anilines is 1. The van der Waals surface area contributed by atoms with Crippen molar-refractivity contribution in [2.45, 2.75) is 45.4 Å². The van der Waals surface area contributed by atoms with Crippen LogP contribution in [0.25, 0.3) is 0 Å². The van der Waals surface area contributed by atoms with Crippen molar-refractivity contribution < 1.29 is 14.7 Å². The van der Waals surface area contributed by atoms with Crippen LogP contribution in [0.1, 0.15) is 44.6 Å². The topological polar surface area (TPSA) is 63.7 Å². The fourth-order valence-corrected chi connectivity index (χ4v) is 4.29. The van der Waals surface area contributed by atoms with Crippen LogP contribution in [0, 0.1) is 11.8 Å². The van der Waals surface area contributed by atoms with Gasteiger partial charge in [-0.05, 0) is 37.0 Å². The van der Waals surface area contributed by atoms with Crippen molar-refractivity contribution >= 4 is 17.6 Å². The number of hydrogen-bond donors (Lipinski definition) is 0. The van der Waals surface area contributed by atoms with Gasteiger partial charge in [-0.3, -0.25) is 4.79 Å². The molecule has 1 aliphatic carbocycles. The normalized spacial score (nSPS) is 23.7. The molecule has 0 bridgehead atoms. The van der Waals surface area contributed by atoms with E-state index in [9.17, 15) is 14.7 Å². The van der Waals surface area contributed by atoms with E-state index in [-0.39, 0.29) is 5.91 Å². The molecule has 2 aliphatic rings. The Bertz CT molecular complexity index is 621. The van der Waals surface area contributed by atoms with Crippen molar-refractivity contribution in [3.63, 3.8) is 0 Å². The largest absolute Gasteiger partial charge is 0.550 e. The van der Waals surface area contributed by atoms with E-state index in [0.29, 0.717) is 25.9 Å². The summed E-state index contributed by atoms with van der Waals surface area (Å²) in [6.45, 7) is 5.09. The molecular formula is C21H29N2O3-. The number of carboxylic acids is 1. The summed E-state index contributed by atoms with van der Waals surface area (Å²) in [4.78, 5) is 28.4. The van der Waals surface area contributed by atoms with Gasteiger partial charge >= 0.3 is 0 Å². The van der Waals surface area contributed by atoms with Gasteiger partial charge in [0, 0.05) is 49.7 Å². The minimum absolute atomic E-state index is 0.0110. The molecule has 2 fully saturated rings. The Hall–Kier alpha value is -2.04. The molecule has 0 spiro atoms. The van der Waals surface area contributed by atoms with Crippen molar-refractivity contribution in [1.29, 1.82) is 0 Å². The lowest BCUT2D eigenvalue weighted by atomic mass is 9.78. The van der Waals surface area contributed by atoms with Crippen molar-refractivity contribution in [3.8, 4) is 0 Å². The average molecular weight is 357 g/mol. The minimum Gasteiger partial charge on any atom is -0.550 e. The Labute approximate surface area is 156 Å². The van der Waals surface area contributed by atoms with Gasteiger partial charge in [-0.15, -0.1) is 0 Å². The van der Waals surface area contributed by atoms with E-state index in [4.69, 9.17) is 0 Å². The van der Waals surface area contributed by atoms with Crippen LogP contribution in [0.5, 0.6) is 0 Å². The maximum Gasteiger partial charge on any atom is 0.226 e. The number of nitrogens with zero attached hydrogens (tertiary/aromatic N) is 2. The van der Waals surface area contributed by atoms with Gasteiger partial charge in [0.25, 0.3) is 0 Å². The third-order valence-electron chi connectivity index (χ3n) is 5.82. The molecule has 142 valence electrons. The van der Waals surface area contributed by atoms with E-state index in [0.717, 1.165) is 38.8 Å². The Kier molecular flexibility index (Phi) is 6.17. The second-order valence-electron chi connectivity index (χ2n) is 7.55. The molecule has 2 atom stereocenters. The number of carbonyl (C=O) groups excluding carboxylic acids is 2. The summed E-state index contributed by atoms with van der Waals surface area (Å²) >= 11 is 0. The highest BCUT2D eigenvalue weighted by atomic mass is 16.4. The van der Waals surface area contributed by atoms with Crippen LogP contribution in [0.4, 0.5) is 5.69 Å². The molecule has 5 nitrogen and oxygen atoms in total. The Balaban J connectivity index is 1.57. The van der Waals surface area contributed by atoms with Crippen LogP contribution < -0.4 is 10.0 Å². The molecule has 0 N–H and O–H groups in total. The molecule has 1 saturated heterocycles. The lowest BCUT2D eigenvalue weighted by Gasteiger charge is -2.40. The zero-order valence-electron chi connectivity index (χ0n) is 15.7. The van der Waals surface area contributed by atoms with Gasteiger partial charge in [0.1, 0.15) is 0 Å². The van der Waals surface area contributed by atoms with E-state index in [1.807, 2.05) is 4.90 Å². The predicted molar refractivity (Wildman–Crippen MR) is 99.7 cm³/mol. The summed E-state index contributed by atoms with van der Waals surface area (Å²) in [5.41, 5.74) is 2.55. The molecule has 1 aliphatic heterocycles. The fraction of sp³-hybridized carbons (Fsp3) is 0.619. The van der Waals surface area contributed by atoms with Crippen LogP contribution in [-0.4, -0.2) is 43.0 Å². The van der Waals surface area contributed by atoms with E-state index in [1.165, 1.54) is 11.3 Å². The number of amides is 1. The zero-order valence-corrected chi connectivity index (χ0v) is 15.7. The molecule has 0 radical (unpaired) electrons. The van der Waals surface area contributed by atoms with Crippen LogP contribution in [0.3, 0.4) is 0 Å². The van der Waals surface area contributed by atoms with Crippen LogP contribution in [0.2, 0.25) is 0 Å². The number of carbonyl (C=O) groups is 2. The average Bonchev–Trinajstić information content (AvgIpc) is 2.68. The smallest absolute Gasteiger partial charge is 0.226 e. The van der Waals surface area contributed by atoms with E-state index in [1.54, 1.807) is 0 Å². The molecule has 5 heteroatoms. The van der Waals surface area contributed by atoms with Crippen molar-refractivity contribution in [3.05, 3.63) is 29.8 Å². The molecule has 3 rings (SSSR count). The third-order valence-corrected chi connectivity index (χ3v) is 5.82. The van der Waals surface area contributed by atoms with Gasteiger partial charge in [0.15, 0.2) is 0 Å². The monoisotopic (exact) mass is 357 g/mol. The lowest BCUT2D eigenvalue weighted by molar-refractivity contribution is -0.314. The van der Waals surface area contributed by atoms with Crippen molar-refractivity contribution in [2.24, 2.45) is 11.8 Å².